The van der Waals surface area contributed by atoms with Crippen LogP contribution in [0.1, 0.15) is 26.7 Å². The fourth-order valence-electron chi connectivity index (χ4n) is 1.41. The lowest BCUT2D eigenvalue weighted by Gasteiger charge is -2.21. The molecule has 6 nitrogen and oxygen atoms in total. The van der Waals surface area contributed by atoms with Gasteiger partial charge in [-0.25, -0.2) is 9.59 Å². The quantitative estimate of drug-likeness (QED) is 0.502. The van der Waals surface area contributed by atoms with Crippen molar-refractivity contribution in [3.8, 4) is 0 Å². The Balaban J connectivity index is 4.15. The summed E-state index contributed by atoms with van der Waals surface area (Å²) in [5.74, 6) is -0.390. The second-order valence-corrected chi connectivity index (χ2v) is 4.13. The Kier molecular flexibility index (Phi) is 9.00. The van der Waals surface area contributed by atoms with Crippen molar-refractivity contribution in [3.63, 3.8) is 0 Å². The van der Waals surface area contributed by atoms with Crippen LogP contribution in [0.25, 0.3) is 0 Å². The third kappa shape index (κ3) is 6.44. The number of urea groups is 1. The number of hydrogen-bond acceptors (Lipinski definition) is 4. The molecule has 0 aliphatic heterocycles. The average molecular weight is 260 g/mol. The number of amides is 2. The highest BCUT2D eigenvalue weighted by Crippen LogP contribution is 2.08. The maximum Gasteiger partial charge on any atom is 0.328 e. The summed E-state index contributed by atoms with van der Waals surface area (Å²) >= 11 is 0. The van der Waals surface area contributed by atoms with E-state index in [1.54, 1.807) is 7.11 Å². The van der Waals surface area contributed by atoms with Crippen LogP contribution in [-0.2, 0) is 14.3 Å². The molecule has 6 heteroatoms. The fourth-order valence-corrected chi connectivity index (χ4v) is 1.41. The summed E-state index contributed by atoms with van der Waals surface area (Å²) in [5, 5.41) is 5.30. The number of methoxy groups -OCH3 is 2. The summed E-state index contributed by atoms with van der Waals surface area (Å²) < 4.78 is 9.55. The summed E-state index contributed by atoms with van der Waals surface area (Å²) in [6.07, 6.45) is 1.51. The molecule has 0 bridgehead atoms. The van der Waals surface area contributed by atoms with Crippen LogP contribution >= 0.6 is 0 Å². The Morgan fingerprint density at radius 2 is 1.94 bits per heavy atom. The Labute approximate surface area is 108 Å². The van der Waals surface area contributed by atoms with Crippen molar-refractivity contribution in [2.45, 2.75) is 32.7 Å². The Hall–Kier alpha value is -1.30. The van der Waals surface area contributed by atoms with Gasteiger partial charge in [-0.05, 0) is 12.3 Å². The van der Waals surface area contributed by atoms with Gasteiger partial charge in [0, 0.05) is 20.3 Å². The van der Waals surface area contributed by atoms with Crippen LogP contribution in [0.3, 0.4) is 0 Å². The van der Waals surface area contributed by atoms with E-state index in [9.17, 15) is 9.59 Å². The van der Waals surface area contributed by atoms with E-state index in [1.165, 1.54) is 7.11 Å². The largest absolute Gasteiger partial charge is 0.467 e. The Morgan fingerprint density at radius 1 is 1.28 bits per heavy atom. The molecule has 2 amide bonds. The van der Waals surface area contributed by atoms with E-state index in [2.05, 4.69) is 15.4 Å². The van der Waals surface area contributed by atoms with E-state index in [4.69, 9.17) is 4.74 Å². The number of rotatable bonds is 8. The second-order valence-electron chi connectivity index (χ2n) is 4.13. The van der Waals surface area contributed by atoms with Crippen molar-refractivity contribution >= 4 is 12.0 Å². The van der Waals surface area contributed by atoms with Crippen LogP contribution < -0.4 is 10.6 Å². The van der Waals surface area contributed by atoms with Gasteiger partial charge in [-0.3, -0.25) is 0 Å². The van der Waals surface area contributed by atoms with Crippen molar-refractivity contribution in [1.82, 2.24) is 10.6 Å². The molecule has 0 aliphatic carbocycles. The SMILES string of the molecule is CCC(C)C(NC(=O)NCCCOC)C(=O)OC. The molecule has 0 heterocycles. The van der Waals surface area contributed by atoms with Gasteiger partial charge >= 0.3 is 12.0 Å². The Bertz CT molecular complexity index is 258. The van der Waals surface area contributed by atoms with E-state index < -0.39 is 12.0 Å². The monoisotopic (exact) mass is 260 g/mol. The molecule has 0 spiro atoms. The van der Waals surface area contributed by atoms with Gasteiger partial charge in [-0.15, -0.1) is 0 Å². The number of esters is 1. The molecule has 0 aliphatic rings. The van der Waals surface area contributed by atoms with Crippen LogP contribution in [0.5, 0.6) is 0 Å². The van der Waals surface area contributed by atoms with Crippen LogP contribution in [0.2, 0.25) is 0 Å². The highest BCUT2D eigenvalue weighted by molar-refractivity contribution is 5.83. The van der Waals surface area contributed by atoms with Crippen molar-refractivity contribution in [2.24, 2.45) is 5.92 Å². The molecule has 106 valence electrons. The molecule has 2 atom stereocenters. The number of hydrogen-bond donors (Lipinski definition) is 2. The van der Waals surface area contributed by atoms with Gasteiger partial charge < -0.3 is 20.1 Å². The molecule has 0 saturated heterocycles. The molecular formula is C12H24N2O4. The van der Waals surface area contributed by atoms with Crippen LogP contribution in [0, 0.1) is 5.92 Å². The molecular weight excluding hydrogens is 236 g/mol. The first-order chi connectivity index (χ1) is 8.56. The molecule has 0 aromatic carbocycles. The minimum atomic E-state index is -0.609. The fraction of sp³-hybridized carbons (Fsp3) is 0.833. The van der Waals surface area contributed by atoms with Crippen molar-refractivity contribution in [2.75, 3.05) is 27.4 Å². The van der Waals surface area contributed by atoms with Crippen LogP contribution in [-0.4, -0.2) is 45.4 Å². The molecule has 0 rings (SSSR count). The maximum atomic E-state index is 11.6. The zero-order valence-electron chi connectivity index (χ0n) is 11.6. The first kappa shape index (κ1) is 16.7. The summed E-state index contributed by atoms with van der Waals surface area (Å²) in [5.41, 5.74) is 0. The van der Waals surface area contributed by atoms with Crippen LogP contribution in [0.15, 0.2) is 0 Å². The molecule has 0 radical (unpaired) electrons. The van der Waals surface area contributed by atoms with Crippen LogP contribution in [0.4, 0.5) is 4.79 Å². The zero-order valence-corrected chi connectivity index (χ0v) is 11.6. The third-order valence-electron chi connectivity index (χ3n) is 2.77. The number of carbonyl (C=O) groups excluding carboxylic acids is 2. The maximum absolute atomic E-state index is 11.6. The topological polar surface area (TPSA) is 76.7 Å². The first-order valence-corrected chi connectivity index (χ1v) is 6.17. The Morgan fingerprint density at radius 3 is 2.44 bits per heavy atom. The van der Waals surface area contributed by atoms with Gasteiger partial charge in [0.15, 0.2) is 0 Å². The molecule has 2 unspecified atom stereocenters. The van der Waals surface area contributed by atoms with E-state index in [-0.39, 0.29) is 11.9 Å². The molecule has 18 heavy (non-hydrogen) atoms. The molecule has 0 fully saturated rings. The number of ether oxygens (including phenoxy) is 2. The number of nitrogens with one attached hydrogen (secondary N) is 2. The lowest BCUT2D eigenvalue weighted by atomic mass is 9.99. The van der Waals surface area contributed by atoms with Gasteiger partial charge in [-0.1, -0.05) is 20.3 Å². The smallest absolute Gasteiger partial charge is 0.328 e. The van der Waals surface area contributed by atoms with E-state index in [0.29, 0.717) is 13.2 Å². The zero-order chi connectivity index (χ0) is 14.0. The van der Waals surface area contributed by atoms with Gasteiger partial charge in [0.2, 0.25) is 0 Å². The lowest BCUT2D eigenvalue weighted by Crippen LogP contribution is -2.49. The van der Waals surface area contributed by atoms with Gasteiger partial charge in [0.25, 0.3) is 0 Å². The highest BCUT2D eigenvalue weighted by atomic mass is 16.5. The summed E-state index contributed by atoms with van der Waals surface area (Å²) in [6.45, 7) is 4.95. The third-order valence-corrected chi connectivity index (χ3v) is 2.77. The summed E-state index contributed by atoms with van der Waals surface area (Å²) in [4.78, 5) is 23.1. The van der Waals surface area contributed by atoms with E-state index >= 15 is 0 Å². The first-order valence-electron chi connectivity index (χ1n) is 6.17. The minimum absolute atomic E-state index is 0.0298. The van der Waals surface area contributed by atoms with Crippen molar-refractivity contribution in [3.05, 3.63) is 0 Å². The van der Waals surface area contributed by atoms with E-state index in [1.807, 2.05) is 13.8 Å². The molecule has 0 saturated carbocycles. The molecule has 2 N–H and O–H groups in total. The lowest BCUT2D eigenvalue weighted by molar-refractivity contribution is -0.144. The second kappa shape index (κ2) is 9.70. The minimum Gasteiger partial charge on any atom is -0.467 e. The van der Waals surface area contributed by atoms with Crippen molar-refractivity contribution < 1.29 is 19.1 Å². The molecule has 0 aromatic heterocycles. The predicted octanol–water partition coefficient (Wildman–Crippen LogP) is 0.910. The molecule has 0 aromatic rings. The van der Waals surface area contributed by atoms with Gasteiger partial charge in [0.1, 0.15) is 6.04 Å². The van der Waals surface area contributed by atoms with Gasteiger partial charge in [-0.2, -0.15) is 0 Å². The summed E-state index contributed by atoms with van der Waals surface area (Å²) in [6, 6.07) is -0.968. The van der Waals surface area contributed by atoms with Gasteiger partial charge in [0.05, 0.1) is 7.11 Å². The predicted molar refractivity (Wildman–Crippen MR) is 68.3 cm³/mol. The number of carbonyl (C=O) groups is 2. The van der Waals surface area contributed by atoms with Crippen molar-refractivity contribution in [1.29, 1.82) is 0 Å². The average Bonchev–Trinajstić information content (AvgIpc) is 2.39. The summed E-state index contributed by atoms with van der Waals surface area (Å²) in [7, 11) is 2.92. The highest BCUT2D eigenvalue weighted by Gasteiger charge is 2.26. The standard InChI is InChI=1S/C12H24N2O4/c1-5-9(2)10(11(15)18-4)14-12(16)13-7-6-8-17-3/h9-10H,5-8H2,1-4H3,(H2,13,14,16). The normalized spacial score (nSPS) is 13.6. The van der Waals surface area contributed by atoms with E-state index in [0.717, 1.165) is 12.8 Å².